The van der Waals surface area contributed by atoms with E-state index in [0.29, 0.717) is 27.6 Å². The van der Waals surface area contributed by atoms with Crippen molar-refractivity contribution in [2.75, 3.05) is 17.5 Å². The number of carbonyl (C=O) groups excluding carboxylic acids is 1. The summed E-state index contributed by atoms with van der Waals surface area (Å²) in [4.78, 5) is 17.9. The summed E-state index contributed by atoms with van der Waals surface area (Å²) in [6, 6.07) is 23.8. The molecule has 0 radical (unpaired) electrons. The Hall–Kier alpha value is -5.05. The van der Waals surface area contributed by atoms with Crippen molar-refractivity contribution in [1.82, 2.24) is 10.3 Å². The van der Waals surface area contributed by atoms with Gasteiger partial charge in [0.15, 0.2) is 0 Å². The molecule has 43 heavy (non-hydrogen) atoms. The van der Waals surface area contributed by atoms with Crippen LogP contribution in [0.25, 0.3) is 54.2 Å². The lowest BCUT2D eigenvalue weighted by molar-refractivity contribution is 0.0964. The van der Waals surface area contributed by atoms with Gasteiger partial charge in [-0.05, 0) is 67.1 Å². The number of nitrogens with zero attached hydrogens (tertiary/aromatic N) is 2. The predicted molar refractivity (Wildman–Crippen MR) is 167 cm³/mol. The molecule has 2 heterocycles. The maximum Gasteiger partial charge on any atom is 0.255 e. The number of fused-ring (bicyclic) bond motifs is 2. The Morgan fingerprint density at radius 3 is 2.51 bits per heavy atom. The molecule has 2 aromatic heterocycles. The highest BCUT2D eigenvalue weighted by atomic mass is 32.2. The summed E-state index contributed by atoms with van der Waals surface area (Å²) in [5, 5.41) is 13.1. The summed E-state index contributed by atoms with van der Waals surface area (Å²) >= 11 is 1.45. The number of aromatic nitrogens is 1. The molecule has 0 aliphatic rings. The molecular formula is C32H23FN4O4S2. The molecule has 214 valence electrons. The van der Waals surface area contributed by atoms with Gasteiger partial charge in [0.1, 0.15) is 22.2 Å². The normalized spacial score (nSPS) is 11.5. The molecular weight excluding hydrogens is 588 g/mol. The van der Waals surface area contributed by atoms with Gasteiger partial charge in [0.25, 0.3) is 5.91 Å². The number of nitrogens with one attached hydrogen (secondary N) is 2. The number of benzene rings is 4. The van der Waals surface area contributed by atoms with Gasteiger partial charge in [-0.25, -0.2) is 17.8 Å². The summed E-state index contributed by atoms with van der Waals surface area (Å²) in [6.45, 7) is 1.54. The van der Waals surface area contributed by atoms with Crippen LogP contribution in [0.5, 0.6) is 0 Å². The first-order chi connectivity index (χ1) is 20.7. The molecule has 0 atom stereocenters. The third-order valence-corrected chi connectivity index (χ3v) is 9.33. The Bertz CT molecular complexity index is 2200. The Kier molecular flexibility index (Phi) is 7.17. The van der Waals surface area contributed by atoms with Crippen LogP contribution in [0.15, 0.2) is 83.3 Å². The second-order valence-corrected chi connectivity index (χ2v) is 12.7. The highest BCUT2D eigenvalue weighted by Gasteiger charge is 2.24. The minimum atomic E-state index is -3.69. The van der Waals surface area contributed by atoms with E-state index in [0.717, 1.165) is 20.8 Å². The van der Waals surface area contributed by atoms with Gasteiger partial charge in [-0.3, -0.25) is 9.52 Å². The molecule has 11 heteroatoms. The topological polar surface area (TPSA) is 125 Å². The molecule has 0 saturated carbocycles. The van der Waals surface area contributed by atoms with Crippen LogP contribution in [-0.2, 0) is 10.0 Å². The summed E-state index contributed by atoms with van der Waals surface area (Å²) in [5.41, 5.74) is 4.61. The third kappa shape index (κ3) is 5.34. The average Bonchev–Trinajstić information content (AvgIpc) is 3.61. The Morgan fingerprint density at radius 1 is 1.02 bits per heavy atom. The van der Waals surface area contributed by atoms with Crippen molar-refractivity contribution in [2.45, 2.75) is 6.92 Å². The highest BCUT2D eigenvalue weighted by Crippen LogP contribution is 2.41. The van der Waals surface area contributed by atoms with Crippen molar-refractivity contribution < 1.29 is 22.0 Å². The van der Waals surface area contributed by atoms with Crippen molar-refractivity contribution in [3.8, 4) is 39.1 Å². The van der Waals surface area contributed by atoms with E-state index < -0.39 is 21.7 Å². The summed E-state index contributed by atoms with van der Waals surface area (Å²) < 4.78 is 48.8. The van der Waals surface area contributed by atoms with Gasteiger partial charge in [0, 0.05) is 35.2 Å². The fourth-order valence-corrected chi connectivity index (χ4v) is 6.45. The number of anilines is 1. The highest BCUT2D eigenvalue weighted by molar-refractivity contribution is 7.92. The van der Waals surface area contributed by atoms with E-state index in [-0.39, 0.29) is 28.3 Å². The van der Waals surface area contributed by atoms with Crippen LogP contribution in [0, 0.1) is 17.1 Å². The molecule has 8 nitrogen and oxygen atoms in total. The number of sulfonamides is 1. The zero-order valence-corrected chi connectivity index (χ0v) is 24.6. The number of thiazole rings is 1. The number of amides is 1. The molecule has 0 aliphatic heterocycles. The number of halogens is 1. The van der Waals surface area contributed by atoms with Crippen LogP contribution in [0.2, 0.25) is 0 Å². The molecule has 0 aliphatic carbocycles. The van der Waals surface area contributed by atoms with Gasteiger partial charge in [-0.2, -0.15) is 5.26 Å². The van der Waals surface area contributed by atoms with Crippen LogP contribution < -0.4 is 10.0 Å². The van der Waals surface area contributed by atoms with Crippen LogP contribution >= 0.6 is 11.3 Å². The van der Waals surface area contributed by atoms with E-state index in [2.05, 4.69) is 16.1 Å². The minimum Gasteiger partial charge on any atom is -0.455 e. The fraction of sp³-hybridized carbons (Fsp3) is 0.0938. The zero-order valence-electron chi connectivity index (χ0n) is 22.9. The predicted octanol–water partition coefficient (Wildman–Crippen LogP) is 7.18. The van der Waals surface area contributed by atoms with Gasteiger partial charge in [0.2, 0.25) is 10.0 Å². The van der Waals surface area contributed by atoms with Gasteiger partial charge in [0.05, 0.1) is 38.9 Å². The molecule has 0 fully saturated rings. The van der Waals surface area contributed by atoms with E-state index in [4.69, 9.17) is 9.40 Å². The van der Waals surface area contributed by atoms with Gasteiger partial charge in [-0.1, -0.05) is 18.2 Å². The molecule has 6 rings (SSSR count). The molecule has 4 aromatic carbocycles. The second kappa shape index (κ2) is 11.0. The molecule has 0 unspecified atom stereocenters. The van der Waals surface area contributed by atoms with Crippen LogP contribution in [0.3, 0.4) is 0 Å². The van der Waals surface area contributed by atoms with Crippen LogP contribution in [0.1, 0.15) is 22.8 Å². The van der Waals surface area contributed by atoms with Crippen molar-refractivity contribution >= 4 is 54.1 Å². The number of rotatable bonds is 7. The number of hydrogen-bond acceptors (Lipinski definition) is 7. The second-order valence-electron chi connectivity index (χ2n) is 9.69. The Morgan fingerprint density at radius 2 is 1.79 bits per heavy atom. The molecule has 0 bridgehead atoms. The summed E-state index contributed by atoms with van der Waals surface area (Å²) in [6.07, 6.45) is 0. The van der Waals surface area contributed by atoms with Crippen LogP contribution in [-0.4, -0.2) is 32.1 Å². The maximum absolute atomic E-state index is 13.7. The molecule has 6 aromatic rings. The quantitative estimate of drug-likeness (QED) is 0.197. The lowest BCUT2D eigenvalue weighted by atomic mass is 9.97. The number of carbonyl (C=O) groups is 1. The lowest BCUT2D eigenvalue weighted by Gasteiger charge is -2.13. The first kappa shape index (κ1) is 28.1. The number of nitriles is 1. The molecule has 2 N–H and O–H groups in total. The van der Waals surface area contributed by atoms with E-state index in [1.54, 1.807) is 30.3 Å². The van der Waals surface area contributed by atoms with E-state index in [9.17, 15) is 22.9 Å². The van der Waals surface area contributed by atoms with Gasteiger partial charge >= 0.3 is 0 Å². The van der Waals surface area contributed by atoms with Crippen molar-refractivity contribution in [1.29, 1.82) is 5.26 Å². The summed E-state index contributed by atoms with van der Waals surface area (Å²) in [7, 11) is -2.19. The van der Waals surface area contributed by atoms with E-state index in [1.165, 1.54) is 49.6 Å². The monoisotopic (exact) mass is 610 g/mol. The Labute approximate surface area is 250 Å². The standard InChI is InChI=1S/C32H23FN4O4S2/c1-3-43(39,40)37-26-16-27-24(29(31(38)35-2)30(41-27)19-8-10-22(33)11-9-19)15-23(26)20-5-4-6-21(14-20)32-36-25-12-7-18(17-34)13-28(25)42-32/h4-16,37H,3H2,1-2H3,(H,35,38). The number of furan rings is 1. The molecule has 0 saturated heterocycles. The van der Waals surface area contributed by atoms with Gasteiger partial charge in [-0.15, -0.1) is 11.3 Å². The molecule has 1 amide bonds. The lowest BCUT2D eigenvalue weighted by Crippen LogP contribution is -2.18. The first-order valence-electron chi connectivity index (χ1n) is 13.2. The van der Waals surface area contributed by atoms with Crippen molar-refractivity contribution in [2.24, 2.45) is 0 Å². The number of hydrogen-bond donors (Lipinski definition) is 2. The average molecular weight is 611 g/mol. The first-order valence-corrected chi connectivity index (χ1v) is 15.7. The maximum atomic E-state index is 13.7. The Balaban J connectivity index is 1.56. The van der Waals surface area contributed by atoms with Crippen molar-refractivity contribution in [3.05, 3.63) is 95.8 Å². The fourth-order valence-electron chi connectivity index (χ4n) is 4.80. The third-order valence-electron chi connectivity index (χ3n) is 6.97. The van der Waals surface area contributed by atoms with Gasteiger partial charge < -0.3 is 9.73 Å². The largest absolute Gasteiger partial charge is 0.455 e. The van der Waals surface area contributed by atoms with E-state index in [1.807, 2.05) is 24.3 Å². The SMILES string of the molecule is CCS(=O)(=O)Nc1cc2oc(-c3ccc(F)cc3)c(C(=O)NC)c2cc1-c1cccc(-c2nc3ccc(C#N)cc3s2)c1. The van der Waals surface area contributed by atoms with Crippen LogP contribution in [0.4, 0.5) is 10.1 Å². The minimum absolute atomic E-state index is 0.149. The smallest absolute Gasteiger partial charge is 0.255 e. The van der Waals surface area contributed by atoms with Crippen molar-refractivity contribution in [3.63, 3.8) is 0 Å². The zero-order chi connectivity index (χ0) is 30.3. The molecule has 0 spiro atoms. The summed E-state index contributed by atoms with van der Waals surface area (Å²) in [5.74, 6) is -0.760. The van der Waals surface area contributed by atoms with E-state index >= 15 is 0 Å².